The molecule has 0 fully saturated rings. The van der Waals surface area contributed by atoms with Gasteiger partial charge < -0.3 is 9.30 Å². The molecule has 1 heterocycles. The summed E-state index contributed by atoms with van der Waals surface area (Å²) in [5.41, 5.74) is 1.25. The van der Waals surface area contributed by atoms with Gasteiger partial charge in [-0.15, -0.1) is 0 Å². The minimum absolute atomic E-state index is 0.426. The van der Waals surface area contributed by atoms with Gasteiger partial charge in [-0.3, -0.25) is 0 Å². The molecule has 0 amide bonds. The maximum Gasteiger partial charge on any atom is 0.123 e. The van der Waals surface area contributed by atoms with Gasteiger partial charge in [-0.25, -0.2) is 4.98 Å². The van der Waals surface area contributed by atoms with E-state index in [9.17, 15) is 0 Å². The van der Waals surface area contributed by atoms with Crippen molar-refractivity contribution in [2.24, 2.45) is 0 Å². The average Bonchev–Trinajstić information content (AvgIpc) is 2.96. The van der Waals surface area contributed by atoms with Gasteiger partial charge in [-0.05, 0) is 18.1 Å². The molecule has 0 aliphatic rings. The van der Waals surface area contributed by atoms with Crippen molar-refractivity contribution in [1.29, 1.82) is 0 Å². The lowest BCUT2D eigenvalue weighted by Crippen LogP contribution is -2.09. The predicted molar refractivity (Wildman–Crippen MR) is 77.4 cm³/mol. The van der Waals surface area contributed by atoms with E-state index in [1.54, 1.807) is 6.08 Å². The number of nitrogens with zero attached hydrogens (tertiary/aromatic N) is 2. The molecule has 0 aliphatic heterocycles. The predicted octanol–water partition coefficient (Wildman–Crippen LogP) is 3.64. The van der Waals surface area contributed by atoms with Crippen LogP contribution < -0.4 is 4.74 Å². The van der Waals surface area contributed by atoms with E-state index in [1.807, 2.05) is 30.9 Å². The summed E-state index contributed by atoms with van der Waals surface area (Å²) >= 11 is 0. The summed E-state index contributed by atoms with van der Waals surface area (Å²) in [6, 6.07) is 8.23. The van der Waals surface area contributed by atoms with E-state index >= 15 is 0 Å². The molecule has 0 bridgehead atoms. The molecule has 0 aliphatic carbocycles. The van der Waals surface area contributed by atoms with E-state index in [2.05, 4.69) is 35.2 Å². The van der Waals surface area contributed by atoms with Gasteiger partial charge >= 0.3 is 0 Å². The van der Waals surface area contributed by atoms with Crippen molar-refractivity contribution in [2.75, 3.05) is 6.61 Å². The summed E-state index contributed by atoms with van der Waals surface area (Å²) in [6.07, 6.45) is 8.50. The topological polar surface area (TPSA) is 27.1 Å². The van der Waals surface area contributed by atoms with Crippen molar-refractivity contribution < 1.29 is 4.74 Å². The number of para-hydroxylation sites is 1. The molecular weight excluding hydrogens is 236 g/mol. The Morgan fingerprint density at radius 2 is 2.26 bits per heavy atom. The van der Waals surface area contributed by atoms with Crippen molar-refractivity contribution in [3.8, 4) is 5.75 Å². The SMILES string of the molecule is C=CCOc1ccccc1C(CC)Cn1ccnc1. The van der Waals surface area contributed by atoms with E-state index in [-0.39, 0.29) is 0 Å². The van der Waals surface area contributed by atoms with E-state index in [0.29, 0.717) is 12.5 Å². The van der Waals surface area contributed by atoms with Crippen LogP contribution in [0, 0.1) is 0 Å². The van der Waals surface area contributed by atoms with Crippen molar-refractivity contribution in [3.05, 3.63) is 61.2 Å². The maximum absolute atomic E-state index is 5.75. The summed E-state index contributed by atoms with van der Waals surface area (Å²) < 4.78 is 7.85. The fraction of sp³-hybridized carbons (Fsp3) is 0.312. The van der Waals surface area contributed by atoms with Crippen LogP contribution in [-0.4, -0.2) is 16.2 Å². The molecule has 0 saturated carbocycles. The van der Waals surface area contributed by atoms with Crippen LogP contribution in [0.4, 0.5) is 0 Å². The number of aromatic nitrogens is 2. The second-order valence-electron chi connectivity index (χ2n) is 4.50. The molecule has 0 N–H and O–H groups in total. The van der Waals surface area contributed by atoms with Gasteiger partial charge in [0.2, 0.25) is 0 Å². The minimum atomic E-state index is 0.426. The Morgan fingerprint density at radius 3 is 2.95 bits per heavy atom. The lowest BCUT2D eigenvalue weighted by Gasteiger charge is -2.19. The second-order valence-corrected chi connectivity index (χ2v) is 4.50. The molecule has 0 radical (unpaired) electrons. The first-order valence-electron chi connectivity index (χ1n) is 6.63. The smallest absolute Gasteiger partial charge is 0.123 e. The fourth-order valence-electron chi connectivity index (χ4n) is 2.19. The highest BCUT2D eigenvalue weighted by atomic mass is 16.5. The lowest BCUT2D eigenvalue weighted by atomic mass is 9.95. The zero-order chi connectivity index (χ0) is 13.5. The summed E-state index contributed by atoms with van der Waals surface area (Å²) in [5.74, 6) is 1.38. The Labute approximate surface area is 114 Å². The number of ether oxygens (including phenoxy) is 1. The maximum atomic E-state index is 5.75. The van der Waals surface area contributed by atoms with Crippen molar-refractivity contribution in [3.63, 3.8) is 0 Å². The molecule has 1 atom stereocenters. The first-order chi connectivity index (χ1) is 9.35. The van der Waals surface area contributed by atoms with Gasteiger partial charge in [0.1, 0.15) is 12.4 Å². The third-order valence-electron chi connectivity index (χ3n) is 3.20. The number of hydrogen-bond acceptors (Lipinski definition) is 2. The van der Waals surface area contributed by atoms with Crippen molar-refractivity contribution in [2.45, 2.75) is 25.8 Å². The summed E-state index contributed by atoms with van der Waals surface area (Å²) in [7, 11) is 0. The van der Waals surface area contributed by atoms with Crippen molar-refractivity contribution >= 4 is 0 Å². The number of benzene rings is 1. The molecule has 2 aromatic rings. The van der Waals surface area contributed by atoms with Crippen LogP contribution in [0.15, 0.2) is 55.6 Å². The second kappa shape index (κ2) is 6.78. The van der Waals surface area contributed by atoms with Crippen LogP contribution >= 0.6 is 0 Å². The van der Waals surface area contributed by atoms with E-state index in [4.69, 9.17) is 4.74 Å². The summed E-state index contributed by atoms with van der Waals surface area (Å²) in [4.78, 5) is 4.09. The zero-order valence-electron chi connectivity index (χ0n) is 11.3. The number of rotatable bonds is 7. The van der Waals surface area contributed by atoms with Gasteiger partial charge in [-0.1, -0.05) is 37.8 Å². The molecule has 100 valence electrons. The fourth-order valence-corrected chi connectivity index (χ4v) is 2.19. The van der Waals surface area contributed by atoms with Gasteiger partial charge in [0, 0.05) is 24.9 Å². The third-order valence-corrected chi connectivity index (χ3v) is 3.20. The van der Waals surface area contributed by atoms with E-state index in [0.717, 1.165) is 18.7 Å². The molecule has 1 aromatic heterocycles. The van der Waals surface area contributed by atoms with Crippen LogP contribution in [-0.2, 0) is 6.54 Å². The molecule has 0 spiro atoms. The van der Waals surface area contributed by atoms with Crippen LogP contribution in [0.2, 0.25) is 0 Å². The minimum Gasteiger partial charge on any atom is -0.489 e. The molecule has 2 rings (SSSR count). The summed E-state index contributed by atoms with van der Waals surface area (Å²) in [6.45, 7) is 7.36. The van der Waals surface area contributed by atoms with Crippen LogP contribution in [0.25, 0.3) is 0 Å². The quantitative estimate of drug-likeness (QED) is 0.707. The first-order valence-corrected chi connectivity index (χ1v) is 6.63. The van der Waals surface area contributed by atoms with E-state index in [1.165, 1.54) is 5.56 Å². The Kier molecular flexibility index (Phi) is 4.78. The molecule has 19 heavy (non-hydrogen) atoms. The molecule has 0 saturated heterocycles. The molecule has 3 nitrogen and oxygen atoms in total. The van der Waals surface area contributed by atoms with Crippen LogP contribution in [0.3, 0.4) is 0 Å². The van der Waals surface area contributed by atoms with Crippen molar-refractivity contribution in [1.82, 2.24) is 9.55 Å². The van der Waals surface area contributed by atoms with Gasteiger partial charge in [-0.2, -0.15) is 0 Å². The summed E-state index contributed by atoms with van der Waals surface area (Å²) in [5, 5.41) is 0. The molecule has 3 heteroatoms. The molecule has 1 unspecified atom stereocenters. The first kappa shape index (κ1) is 13.4. The average molecular weight is 256 g/mol. The third kappa shape index (κ3) is 3.47. The molecule has 1 aromatic carbocycles. The van der Waals surface area contributed by atoms with Crippen LogP contribution in [0.1, 0.15) is 24.8 Å². The molecular formula is C16H20N2O. The van der Waals surface area contributed by atoms with Gasteiger partial charge in [0.25, 0.3) is 0 Å². The normalized spacial score (nSPS) is 12.1. The monoisotopic (exact) mass is 256 g/mol. The Morgan fingerprint density at radius 1 is 1.42 bits per heavy atom. The number of imidazole rings is 1. The Hall–Kier alpha value is -2.03. The number of hydrogen-bond donors (Lipinski definition) is 0. The standard InChI is InChI=1S/C16H20N2O/c1-3-11-19-16-8-6-5-7-15(16)14(4-2)12-18-10-9-17-13-18/h3,5-10,13-14H,1,4,11-12H2,2H3. The van der Waals surface area contributed by atoms with Gasteiger partial charge in [0.05, 0.1) is 6.33 Å². The lowest BCUT2D eigenvalue weighted by molar-refractivity contribution is 0.353. The highest BCUT2D eigenvalue weighted by molar-refractivity contribution is 5.36. The zero-order valence-corrected chi connectivity index (χ0v) is 11.3. The van der Waals surface area contributed by atoms with Gasteiger partial charge in [0.15, 0.2) is 0 Å². The van der Waals surface area contributed by atoms with Crippen LogP contribution in [0.5, 0.6) is 5.75 Å². The highest BCUT2D eigenvalue weighted by Crippen LogP contribution is 2.30. The Bertz CT molecular complexity index is 505. The Balaban J connectivity index is 2.19. The largest absolute Gasteiger partial charge is 0.489 e. The van der Waals surface area contributed by atoms with E-state index < -0.39 is 0 Å². The highest BCUT2D eigenvalue weighted by Gasteiger charge is 2.14.